The number of hydrogen-bond donors (Lipinski definition) is 1. The summed E-state index contributed by atoms with van der Waals surface area (Å²) in [5, 5.41) is 14.9. The summed E-state index contributed by atoms with van der Waals surface area (Å²) in [6, 6.07) is 2.93. The lowest BCUT2D eigenvalue weighted by Gasteiger charge is -2.20. The summed E-state index contributed by atoms with van der Waals surface area (Å²) in [5.41, 5.74) is 0.607. The van der Waals surface area contributed by atoms with Crippen molar-refractivity contribution in [3.8, 4) is 0 Å². The van der Waals surface area contributed by atoms with Gasteiger partial charge in [-0.1, -0.05) is 18.0 Å². The maximum atomic E-state index is 12.4. The maximum absolute atomic E-state index is 12.4. The van der Waals surface area contributed by atoms with E-state index in [0.29, 0.717) is 17.4 Å². The van der Waals surface area contributed by atoms with E-state index in [0.717, 1.165) is 12.3 Å². The SMILES string of the molecule is O=C1CN(c2ccc(C(=O)O)c(Cl)n2)N=C1[C@H]1C[C@@H]2CC[C@H]1C2. The van der Waals surface area contributed by atoms with E-state index in [-0.39, 0.29) is 29.0 Å². The fourth-order valence-corrected chi connectivity index (χ4v) is 4.39. The van der Waals surface area contributed by atoms with Gasteiger partial charge in [0.2, 0.25) is 5.78 Å². The van der Waals surface area contributed by atoms with Crippen LogP contribution < -0.4 is 5.01 Å². The van der Waals surface area contributed by atoms with Crippen LogP contribution in [0.1, 0.15) is 36.0 Å². The van der Waals surface area contributed by atoms with Crippen molar-refractivity contribution in [3.63, 3.8) is 0 Å². The molecule has 1 aromatic rings. The highest BCUT2D eigenvalue weighted by molar-refractivity contribution is 6.43. The van der Waals surface area contributed by atoms with Gasteiger partial charge in [0.15, 0.2) is 5.82 Å². The molecule has 1 aliphatic heterocycles. The van der Waals surface area contributed by atoms with Crippen LogP contribution in [0.3, 0.4) is 0 Å². The van der Waals surface area contributed by atoms with Crippen LogP contribution in [0, 0.1) is 17.8 Å². The van der Waals surface area contributed by atoms with E-state index in [1.807, 2.05) is 0 Å². The average molecular weight is 334 g/mol. The minimum absolute atomic E-state index is 0.0442. The first-order chi connectivity index (χ1) is 11.0. The van der Waals surface area contributed by atoms with Crippen LogP contribution >= 0.6 is 11.6 Å². The van der Waals surface area contributed by atoms with Gasteiger partial charge in [-0.3, -0.25) is 4.79 Å². The lowest BCUT2D eigenvalue weighted by atomic mass is 9.84. The number of aromatic nitrogens is 1. The number of carbonyl (C=O) groups excluding carboxylic acids is 1. The van der Waals surface area contributed by atoms with Gasteiger partial charge in [0, 0.05) is 5.92 Å². The molecule has 6 nitrogen and oxygen atoms in total. The number of nitrogens with zero attached hydrogens (tertiary/aromatic N) is 3. The second-order valence-corrected chi connectivity index (χ2v) is 6.92. The van der Waals surface area contributed by atoms with E-state index in [1.165, 1.54) is 36.4 Å². The number of carboxylic acid groups (broad SMARTS) is 1. The first kappa shape index (κ1) is 14.6. The molecule has 7 heteroatoms. The average Bonchev–Trinajstić information content (AvgIpc) is 3.21. The Morgan fingerprint density at radius 1 is 1.30 bits per heavy atom. The molecule has 3 aliphatic rings. The van der Waals surface area contributed by atoms with Gasteiger partial charge in [-0.05, 0) is 43.2 Å². The summed E-state index contributed by atoms with van der Waals surface area (Å²) in [7, 11) is 0. The third-order valence-corrected chi connectivity index (χ3v) is 5.51. The van der Waals surface area contributed by atoms with E-state index in [9.17, 15) is 9.59 Å². The number of pyridine rings is 1. The molecular weight excluding hydrogens is 318 g/mol. The lowest BCUT2D eigenvalue weighted by molar-refractivity contribution is -0.111. The zero-order valence-corrected chi connectivity index (χ0v) is 13.2. The van der Waals surface area contributed by atoms with Gasteiger partial charge in [0.1, 0.15) is 17.4 Å². The van der Waals surface area contributed by atoms with Crippen LogP contribution in [0.5, 0.6) is 0 Å². The van der Waals surface area contributed by atoms with Gasteiger partial charge in [-0.2, -0.15) is 5.10 Å². The normalized spacial score (nSPS) is 29.3. The number of ketones is 1. The molecular formula is C16H16ClN3O3. The van der Waals surface area contributed by atoms with Crippen molar-refractivity contribution in [2.75, 3.05) is 11.6 Å². The van der Waals surface area contributed by atoms with Gasteiger partial charge < -0.3 is 5.11 Å². The minimum Gasteiger partial charge on any atom is -0.478 e. The largest absolute Gasteiger partial charge is 0.478 e. The van der Waals surface area contributed by atoms with E-state index in [2.05, 4.69) is 10.1 Å². The number of carbonyl (C=O) groups is 2. The Bertz CT molecular complexity index is 733. The monoisotopic (exact) mass is 333 g/mol. The van der Waals surface area contributed by atoms with Crippen LogP contribution in [0.2, 0.25) is 5.15 Å². The Hall–Kier alpha value is -1.95. The van der Waals surface area contributed by atoms with Crippen molar-refractivity contribution in [3.05, 3.63) is 22.8 Å². The van der Waals surface area contributed by atoms with Gasteiger partial charge >= 0.3 is 5.97 Å². The van der Waals surface area contributed by atoms with Crippen molar-refractivity contribution in [1.29, 1.82) is 0 Å². The third kappa shape index (κ3) is 2.41. The topological polar surface area (TPSA) is 82.9 Å². The first-order valence-corrected chi connectivity index (χ1v) is 8.20. The predicted molar refractivity (Wildman–Crippen MR) is 84.9 cm³/mol. The van der Waals surface area contributed by atoms with Gasteiger partial charge in [0.25, 0.3) is 0 Å². The van der Waals surface area contributed by atoms with Crippen molar-refractivity contribution in [1.82, 2.24) is 4.98 Å². The molecule has 2 heterocycles. The fraction of sp³-hybridized carbons (Fsp3) is 0.500. The number of Topliss-reactive ketones (excluding diaryl/α,β-unsaturated/α-hetero) is 1. The molecule has 0 aromatic carbocycles. The minimum atomic E-state index is -1.13. The molecule has 2 aliphatic carbocycles. The molecule has 2 bridgehead atoms. The van der Waals surface area contributed by atoms with Crippen LogP contribution in [0.15, 0.2) is 17.2 Å². The first-order valence-electron chi connectivity index (χ1n) is 7.82. The summed E-state index contributed by atoms with van der Waals surface area (Å²) in [6.07, 6.45) is 4.75. The quantitative estimate of drug-likeness (QED) is 0.860. The summed E-state index contributed by atoms with van der Waals surface area (Å²) < 4.78 is 0. The number of hydrogen-bond acceptors (Lipinski definition) is 5. The molecule has 2 fully saturated rings. The smallest absolute Gasteiger partial charge is 0.338 e. The lowest BCUT2D eigenvalue weighted by Crippen LogP contribution is -2.27. The van der Waals surface area contributed by atoms with Crippen LogP contribution in [-0.2, 0) is 4.79 Å². The molecule has 0 saturated heterocycles. The highest BCUT2D eigenvalue weighted by Gasteiger charge is 2.45. The van der Waals surface area contributed by atoms with Gasteiger partial charge in [-0.25, -0.2) is 14.8 Å². The number of halogens is 1. The zero-order chi connectivity index (χ0) is 16.1. The second-order valence-electron chi connectivity index (χ2n) is 6.56. The molecule has 0 amide bonds. The molecule has 0 unspecified atom stereocenters. The highest BCUT2D eigenvalue weighted by atomic mass is 35.5. The summed E-state index contributed by atoms with van der Waals surface area (Å²) in [4.78, 5) is 27.4. The van der Waals surface area contributed by atoms with Crippen molar-refractivity contribution < 1.29 is 14.7 Å². The van der Waals surface area contributed by atoms with Crippen molar-refractivity contribution in [2.45, 2.75) is 25.7 Å². The highest BCUT2D eigenvalue weighted by Crippen LogP contribution is 2.49. The molecule has 4 rings (SSSR count). The van der Waals surface area contributed by atoms with Gasteiger partial charge in [-0.15, -0.1) is 0 Å². The van der Waals surface area contributed by atoms with E-state index >= 15 is 0 Å². The molecule has 0 radical (unpaired) electrons. The zero-order valence-electron chi connectivity index (χ0n) is 12.4. The van der Waals surface area contributed by atoms with E-state index in [4.69, 9.17) is 16.7 Å². The Kier molecular flexibility index (Phi) is 3.37. The number of fused-ring (bicyclic) bond motifs is 2. The van der Waals surface area contributed by atoms with E-state index in [1.54, 1.807) is 0 Å². The number of carboxylic acids is 1. The number of aromatic carboxylic acids is 1. The standard InChI is InChI=1S/C16H16ClN3O3/c17-15-10(16(22)23)3-4-13(18-15)20-7-12(21)14(19-20)11-6-8-1-2-9(11)5-8/h3-4,8-9,11H,1-2,5-7H2,(H,22,23)/t8-,9+,11+/m1/s1. The van der Waals surface area contributed by atoms with Crippen molar-refractivity contribution >= 4 is 34.9 Å². The fourth-order valence-electron chi connectivity index (χ4n) is 4.16. The molecule has 1 N–H and O–H groups in total. The number of hydrazone groups is 1. The predicted octanol–water partition coefficient (Wildman–Crippen LogP) is 2.61. The van der Waals surface area contributed by atoms with Crippen LogP contribution in [0.4, 0.5) is 5.82 Å². The number of anilines is 1. The molecule has 23 heavy (non-hydrogen) atoms. The Morgan fingerprint density at radius 3 is 2.74 bits per heavy atom. The molecule has 2 saturated carbocycles. The van der Waals surface area contributed by atoms with Gasteiger partial charge in [0.05, 0.1) is 5.56 Å². The molecule has 120 valence electrons. The second kappa shape index (κ2) is 5.30. The summed E-state index contributed by atoms with van der Waals surface area (Å²) in [6.45, 7) is 0.152. The van der Waals surface area contributed by atoms with Crippen molar-refractivity contribution in [2.24, 2.45) is 22.9 Å². The van der Waals surface area contributed by atoms with Crippen LogP contribution in [0.25, 0.3) is 0 Å². The summed E-state index contributed by atoms with van der Waals surface area (Å²) >= 11 is 5.90. The molecule has 1 aromatic heterocycles. The Morgan fingerprint density at radius 2 is 2.13 bits per heavy atom. The maximum Gasteiger partial charge on any atom is 0.338 e. The third-order valence-electron chi connectivity index (χ3n) is 5.23. The Balaban J connectivity index is 1.60. The van der Waals surface area contributed by atoms with E-state index < -0.39 is 5.97 Å². The van der Waals surface area contributed by atoms with Crippen LogP contribution in [-0.4, -0.2) is 34.1 Å². The molecule has 3 atom stereocenters. The molecule has 0 spiro atoms. The Labute approximate surface area is 138 Å². The summed E-state index contributed by atoms with van der Waals surface area (Å²) in [5.74, 6) is 0.942. The number of rotatable bonds is 3.